The molecule has 0 bridgehead atoms. The highest BCUT2D eigenvalue weighted by Gasteiger charge is 2.20. The molecule has 448 valence electrons. The molecule has 6 heteroatoms. The number of rotatable bonds is 64. The van der Waals surface area contributed by atoms with Crippen LogP contribution in [0.1, 0.15) is 373 Å². The molecule has 0 aliphatic rings. The molecule has 0 aliphatic heterocycles. The van der Waals surface area contributed by atoms with Crippen LogP contribution in [0, 0.1) is 0 Å². The van der Waals surface area contributed by atoms with Crippen LogP contribution in [0.4, 0.5) is 0 Å². The molecule has 0 aromatic rings. The van der Waals surface area contributed by atoms with Gasteiger partial charge in [0.05, 0.1) is 25.4 Å². The first kappa shape index (κ1) is 74.1. The zero-order valence-corrected chi connectivity index (χ0v) is 51.3. The van der Waals surface area contributed by atoms with Gasteiger partial charge in [-0.25, -0.2) is 0 Å². The lowest BCUT2D eigenvalue weighted by atomic mass is 10.0. The zero-order chi connectivity index (χ0) is 55.0. The molecule has 0 spiro atoms. The highest BCUT2D eigenvalue weighted by atomic mass is 16.5. The maximum atomic E-state index is 12.5. The van der Waals surface area contributed by atoms with Crippen LogP contribution in [0.15, 0.2) is 36.5 Å². The van der Waals surface area contributed by atoms with E-state index in [4.69, 9.17) is 4.74 Å². The number of aliphatic hydroxyl groups is 2. The molecular formula is C70H133NO5. The molecule has 0 saturated heterocycles. The number of nitrogens with one attached hydrogen (secondary N) is 1. The van der Waals surface area contributed by atoms with Crippen molar-refractivity contribution in [3.8, 4) is 0 Å². The number of amides is 1. The second kappa shape index (κ2) is 65.6. The fourth-order valence-corrected chi connectivity index (χ4v) is 10.7. The van der Waals surface area contributed by atoms with Crippen molar-refractivity contribution >= 4 is 11.9 Å². The van der Waals surface area contributed by atoms with Crippen LogP contribution < -0.4 is 5.32 Å². The average molecular weight is 1070 g/mol. The first-order valence-electron chi connectivity index (χ1n) is 34.2. The molecule has 0 fully saturated rings. The molecule has 0 aromatic carbocycles. The second-order valence-corrected chi connectivity index (χ2v) is 23.5. The average Bonchev–Trinajstić information content (AvgIpc) is 3.42. The number of hydrogen-bond acceptors (Lipinski definition) is 5. The van der Waals surface area contributed by atoms with Gasteiger partial charge in [-0.2, -0.15) is 0 Å². The number of unbranched alkanes of at least 4 members (excludes halogenated alkanes) is 47. The Morgan fingerprint density at radius 2 is 0.658 bits per heavy atom. The number of carbonyl (C=O) groups excluding carboxylic acids is 2. The third-order valence-corrected chi connectivity index (χ3v) is 15.9. The van der Waals surface area contributed by atoms with Crippen molar-refractivity contribution < 1.29 is 24.5 Å². The van der Waals surface area contributed by atoms with E-state index < -0.39 is 12.1 Å². The lowest BCUT2D eigenvalue weighted by Crippen LogP contribution is -2.45. The van der Waals surface area contributed by atoms with E-state index in [0.717, 1.165) is 51.4 Å². The van der Waals surface area contributed by atoms with E-state index in [1.807, 2.05) is 0 Å². The monoisotopic (exact) mass is 1070 g/mol. The quantitative estimate of drug-likeness (QED) is 0.0320. The number of carbonyl (C=O) groups is 2. The molecule has 0 heterocycles. The Bertz CT molecular complexity index is 1230. The highest BCUT2D eigenvalue weighted by Crippen LogP contribution is 2.18. The van der Waals surface area contributed by atoms with Gasteiger partial charge in [-0.05, 0) is 83.5 Å². The molecule has 2 atom stereocenters. The van der Waals surface area contributed by atoms with Gasteiger partial charge in [-0.1, -0.05) is 314 Å². The van der Waals surface area contributed by atoms with E-state index in [2.05, 4.69) is 55.6 Å². The van der Waals surface area contributed by atoms with E-state index in [0.29, 0.717) is 25.9 Å². The molecule has 3 N–H and O–H groups in total. The molecular weight excluding hydrogens is 935 g/mol. The predicted molar refractivity (Wildman–Crippen MR) is 333 cm³/mol. The molecule has 2 unspecified atom stereocenters. The van der Waals surface area contributed by atoms with Gasteiger partial charge in [-0.15, -0.1) is 0 Å². The van der Waals surface area contributed by atoms with Crippen molar-refractivity contribution in [3.63, 3.8) is 0 Å². The molecule has 0 aromatic heterocycles. The van der Waals surface area contributed by atoms with Gasteiger partial charge in [0.2, 0.25) is 5.91 Å². The largest absolute Gasteiger partial charge is 0.466 e. The lowest BCUT2D eigenvalue weighted by Gasteiger charge is -2.22. The molecule has 0 radical (unpaired) electrons. The molecule has 0 saturated carbocycles. The number of esters is 1. The third-order valence-electron chi connectivity index (χ3n) is 15.9. The number of hydrogen-bond donors (Lipinski definition) is 3. The number of ether oxygens (including phenoxy) is 1. The summed E-state index contributed by atoms with van der Waals surface area (Å²) in [5.74, 6) is -0.0404. The number of aliphatic hydroxyl groups excluding tert-OH is 2. The van der Waals surface area contributed by atoms with Crippen LogP contribution in [0.5, 0.6) is 0 Å². The fraction of sp³-hybridized carbons (Fsp3) is 0.886. The van der Waals surface area contributed by atoms with Gasteiger partial charge in [0.15, 0.2) is 0 Å². The van der Waals surface area contributed by atoms with E-state index in [9.17, 15) is 19.8 Å². The topological polar surface area (TPSA) is 95.9 Å². The van der Waals surface area contributed by atoms with Crippen LogP contribution >= 0.6 is 0 Å². The van der Waals surface area contributed by atoms with Crippen LogP contribution in [-0.2, 0) is 14.3 Å². The molecule has 1 amide bonds. The summed E-state index contributed by atoms with van der Waals surface area (Å²) in [7, 11) is 0. The predicted octanol–water partition coefficient (Wildman–Crippen LogP) is 21.9. The van der Waals surface area contributed by atoms with Crippen LogP contribution in [0.3, 0.4) is 0 Å². The Labute approximate surface area is 474 Å². The summed E-state index contributed by atoms with van der Waals surface area (Å²) < 4.78 is 5.50. The van der Waals surface area contributed by atoms with Gasteiger partial charge < -0.3 is 20.3 Å². The fourth-order valence-electron chi connectivity index (χ4n) is 10.7. The van der Waals surface area contributed by atoms with Crippen LogP contribution in [0.25, 0.3) is 0 Å². The molecule has 6 nitrogen and oxygen atoms in total. The van der Waals surface area contributed by atoms with Gasteiger partial charge in [0.25, 0.3) is 0 Å². The van der Waals surface area contributed by atoms with Crippen LogP contribution in [0.2, 0.25) is 0 Å². The van der Waals surface area contributed by atoms with E-state index in [1.54, 1.807) is 0 Å². The normalized spacial score (nSPS) is 12.7. The van der Waals surface area contributed by atoms with Crippen molar-refractivity contribution in [2.45, 2.75) is 386 Å². The Balaban J connectivity index is 3.43. The van der Waals surface area contributed by atoms with Crippen molar-refractivity contribution in [1.29, 1.82) is 0 Å². The van der Waals surface area contributed by atoms with Crippen molar-refractivity contribution in [1.82, 2.24) is 5.32 Å². The summed E-state index contributed by atoms with van der Waals surface area (Å²) in [4.78, 5) is 24.6. The summed E-state index contributed by atoms with van der Waals surface area (Å²) in [6.07, 6.45) is 83.1. The Morgan fingerprint density at radius 3 is 1.04 bits per heavy atom. The maximum Gasteiger partial charge on any atom is 0.305 e. The van der Waals surface area contributed by atoms with Crippen molar-refractivity contribution in [2.75, 3.05) is 13.2 Å². The zero-order valence-electron chi connectivity index (χ0n) is 51.3. The summed E-state index contributed by atoms with van der Waals surface area (Å²) in [5, 5.41) is 23.4. The lowest BCUT2D eigenvalue weighted by molar-refractivity contribution is -0.143. The minimum atomic E-state index is -0.672. The molecule has 0 aliphatic carbocycles. The maximum absolute atomic E-state index is 12.5. The summed E-state index contributed by atoms with van der Waals surface area (Å²) in [5.41, 5.74) is 0. The summed E-state index contributed by atoms with van der Waals surface area (Å²) in [6.45, 7) is 4.94. The number of allylic oxidation sites excluding steroid dienone is 6. The summed E-state index contributed by atoms with van der Waals surface area (Å²) in [6, 6.07) is -0.550. The van der Waals surface area contributed by atoms with Crippen molar-refractivity contribution in [2.24, 2.45) is 0 Å². The van der Waals surface area contributed by atoms with Gasteiger partial charge in [0.1, 0.15) is 0 Å². The van der Waals surface area contributed by atoms with E-state index in [1.165, 1.54) is 289 Å². The molecule has 76 heavy (non-hydrogen) atoms. The Morgan fingerprint density at radius 1 is 0.368 bits per heavy atom. The van der Waals surface area contributed by atoms with E-state index in [-0.39, 0.29) is 18.5 Å². The standard InChI is InChI=1S/C70H133NO5/c1-3-5-7-9-11-13-15-17-19-21-23-24-27-30-34-38-42-46-50-54-58-62-68(73)67(66-72)71-69(74)63-59-55-51-47-43-39-35-31-28-25-29-33-37-41-45-49-53-57-61-65-76-70(75)64-60-56-52-48-44-40-36-32-26-22-20-18-16-14-12-10-8-6-4-2/h12,14,18,20,25,28,67-68,72-73H,3-11,13,15-17,19,21-24,26-27,29-66H2,1-2H3,(H,71,74)/b14-12-,20-18-,28-25-. The first-order valence-corrected chi connectivity index (χ1v) is 34.2. The SMILES string of the molecule is CCCCC/C=C\C/C=C\CCCCCCCCCCCC(=O)OCCCCCCCCCC/C=C\CCCCCCCCCC(=O)NC(CO)C(O)CCCCCCCCCCCCCCCCCCCCCCC. The van der Waals surface area contributed by atoms with Gasteiger partial charge >= 0.3 is 5.97 Å². The van der Waals surface area contributed by atoms with Gasteiger partial charge in [0, 0.05) is 12.8 Å². The third kappa shape index (κ3) is 61.3. The Kier molecular flexibility index (Phi) is 63.9. The smallest absolute Gasteiger partial charge is 0.305 e. The second-order valence-electron chi connectivity index (χ2n) is 23.5. The van der Waals surface area contributed by atoms with E-state index >= 15 is 0 Å². The minimum absolute atomic E-state index is 0.000896. The Hall–Kier alpha value is -1.92. The van der Waals surface area contributed by atoms with Gasteiger partial charge in [-0.3, -0.25) is 9.59 Å². The minimum Gasteiger partial charge on any atom is -0.466 e. The van der Waals surface area contributed by atoms with Crippen molar-refractivity contribution in [3.05, 3.63) is 36.5 Å². The first-order chi connectivity index (χ1) is 37.5. The highest BCUT2D eigenvalue weighted by molar-refractivity contribution is 5.76. The molecule has 0 rings (SSSR count). The summed E-state index contributed by atoms with van der Waals surface area (Å²) >= 11 is 0. The van der Waals surface area contributed by atoms with Crippen LogP contribution in [-0.4, -0.2) is 47.4 Å².